The van der Waals surface area contributed by atoms with E-state index in [-0.39, 0.29) is 6.04 Å². The number of rotatable bonds is 4. The van der Waals surface area contributed by atoms with Crippen LogP contribution in [0.4, 0.5) is 0 Å². The van der Waals surface area contributed by atoms with Crippen LogP contribution in [0.25, 0.3) is 0 Å². The summed E-state index contributed by atoms with van der Waals surface area (Å²) in [6, 6.07) is 12.8. The van der Waals surface area contributed by atoms with Crippen molar-refractivity contribution in [1.82, 2.24) is 5.32 Å². The molecule has 1 unspecified atom stereocenters. The summed E-state index contributed by atoms with van der Waals surface area (Å²) in [5.41, 5.74) is 4.93. The van der Waals surface area contributed by atoms with Crippen LogP contribution in [0.5, 0.6) is 5.75 Å². The molecular weight excluding hydrogens is 314 g/mol. The lowest BCUT2D eigenvalue weighted by Gasteiger charge is -2.21. The maximum atomic E-state index is 5.50. The summed E-state index contributed by atoms with van der Waals surface area (Å²) in [5.74, 6) is 0.895. The molecule has 0 aliphatic carbocycles. The number of nitrogens with one attached hydrogen (secondary N) is 1. The standard InChI is InChI=1S/C17H20BrNO/c1-11-7-12(2)9-13(8-11)17(19-3)15-10-14(18)5-6-16(15)20-4/h5-10,17,19H,1-4H3. The molecule has 1 atom stereocenters. The van der Waals surface area contributed by atoms with Crippen LogP contribution in [-0.2, 0) is 0 Å². The number of aryl methyl sites for hydroxylation is 2. The normalized spacial score (nSPS) is 12.2. The van der Waals surface area contributed by atoms with Gasteiger partial charge in [-0.25, -0.2) is 0 Å². The van der Waals surface area contributed by atoms with Crippen LogP contribution in [0.1, 0.15) is 28.3 Å². The van der Waals surface area contributed by atoms with Gasteiger partial charge in [0.15, 0.2) is 0 Å². The first-order valence-corrected chi connectivity index (χ1v) is 7.43. The van der Waals surface area contributed by atoms with E-state index < -0.39 is 0 Å². The highest BCUT2D eigenvalue weighted by Gasteiger charge is 2.17. The number of hydrogen-bond donors (Lipinski definition) is 1. The second-order valence-electron chi connectivity index (χ2n) is 5.03. The third-order valence-corrected chi connectivity index (χ3v) is 3.86. The predicted molar refractivity (Wildman–Crippen MR) is 87.5 cm³/mol. The van der Waals surface area contributed by atoms with Gasteiger partial charge in [-0.05, 0) is 44.7 Å². The monoisotopic (exact) mass is 333 g/mol. The van der Waals surface area contributed by atoms with Crippen LogP contribution in [-0.4, -0.2) is 14.2 Å². The minimum Gasteiger partial charge on any atom is -0.496 e. The molecule has 20 heavy (non-hydrogen) atoms. The lowest BCUT2D eigenvalue weighted by atomic mass is 9.95. The van der Waals surface area contributed by atoms with Crippen molar-refractivity contribution in [2.45, 2.75) is 19.9 Å². The van der Waals surface area contributed by atoms with E-state index in [1.807, 2.05) is 19.2 Å². The predicted octanol–water partition coefficient (Wildman–Crippen LogP) is 4.38. The molecule has 0 radical (unpaired) electrons. The Labute approximate surface area is 129 Å². The molecule has 3 heteroatoms. The van der Waals surface area contributed by atoms with E-state index in [1.54, 1.807) is 7.11 Å². The molecule has 0 saturated carbocycles. The Bertz CT molecular complexity index is 590. The second-order valence-corrected chi connectivity index (χ2v) is 5.94. The van der Waals surface area contributed by atoms with E-state index in [0.29, 0.717) is 0 Å². The summed E-state index contributed by atoms with van der Waals surface area (Å²) < 4.78 is 6.56. The Morgan fingerprint density at radius 2 is 1.70 bits per heavy atom. The summed E-state index contributed by atoms with van der Waals surface area (Å²) in [4.78, 5) is 0. The molecule has 0 aromatic heterocycles. The van der Waals surface area contributed by atoms with Crippen molar-refractivity contribution in [2.75, 3.05) is 14.2 Å². The van der Waals surface area contributed by atoms with Crippen LogP contribution in [0.15, 0.2) is 40.9 Å². The summed E-state index contributed by atoms with van der Waals surface area (Å²) in [7, 11) is 3.68. The van der Waals surface area contributed by atoms with Gasteiger partial charge in [-0.3, -0.25) is 0 Å². The fourth-order valence-electron chi connectivity index (χ4n) is 2.61. The van der Waals surface area contributed by atoms with E-state index in [9.17, 15) is 0 Å². The molecule has 0 bridgehead atoms. The summed E-state index contributed by atoms with van der Waals surface area (Å²) in [6.07, 6.45) is 0. The van der Waals surface area contributed by atoms with Crippen molar-refractivity contribution < 1.29 is 4.74 Å². The highest BCUT2D eigenvalue weighted by molar-refractivity contribution is 9.10. The zero-order valence-electron chi connectivity index (χ0n) is 12.3. The first-order chi connectivity index (χ1) is 9.55. The highest BCUT2D eigenvalue weighted by atomic mass is 79.9. The molecular formula is C17H20BrNO. The van der Waals surface area contributed by atoms with Gasteiger partial charge in [-0.2, -0.15) is 0 Å². The molecule has 0 aliphatic rings. The molecule has 0 spiro atoms. The second kappa shape index (κ2) is 6.42. The topological polar surface area (TPSA) is 21.3 Å². The minimum absolute atomic E-state index is 0.112. The van der Waals surface area contributed by atoms with Gasteiger partial charge in [0, 0.05) is 10.0 Å². The molecule has 0 aliphatic heterocycles. The van der Waals surface area contributed by atoms with E-state index in [0.717, 1.165) is 15.8 Å². The van der Waals surface area contributed by atoms with E-state index >= 15 is 0 Å². The number of benzene rings is 2. The highest BCUT2D eigenvalue weighted by Crippen LogP contribution is 2.32. The fraction of sp³-hybridized carbons (Fsp3) is 0.294. The molecule has 0 amide bonds. The van der Waals surface area contributed by atoms with Gasteiger partial charge < -0.3 is 10.1 Å². The summed E-state index contributed by atoms with van der Waals surface area (Å²) in [6.45, 7) is 4.25. The van der Waals surface area contributed by atoms with Crippen LogP contribution < -0.4 is 10.1 Å². The Hall–Kier alpha value is -1.32. The van der Waals surface area contributed by atoms with Crippen molar-refractivity contribution in [1.29, 1.82) is 0 Å². The molecule has 2 nitrogen and oxygen atoms in total. The summed E-state index contributed by atoms with van der Waals surface area (Å²) in [5, 5.41) is 3.39. The first-order valence-electron chi connectivity index (χ1n) is 6.64. The maximum Gasteiger partial charge on any atom is 0.124 e. The van der Waals surface area contributed by atoms with Crippen LogP contribution in [0.2, 0.25) is 0 Å². The van der Waals surface area contributed by atoms with Gasteiger partial charge in [0.25, 0.3) is 0 Å². The summed E-state index contributed by atoms with van der Waals surface area (Å²) >= 11 is 3.54. The smallest absolute Gasteiger partial charge is 0.124 e. The van der Waals surface area contributed by atoms with Crippen molar-refractivity contribution in [3.63, 3.8) is 0 Å². The van der Waals surface area contributed by atoms with Crippen LogP contribution in [0.3, 0.4) is 0 Å². The van der Waals surface area contributed by atoms with Gasteiger partial charge in [0.2, 0.25) is 0 Å². The van der Waals surface area contributed by atoms with Gasteiger partial charge in [-0.15, -0.1) is 0 Å². The van der Waals surface area contributed by atoms with Gasteiger partial charge in [0.1, 0.15) is 5.75 Å². The van der Waals surface area contributed by atoms with Crippen molar-refractivity contribution in [3.8, 4) is 5.75 Å². The fourth-order valence-corrected chi connectivity index (χ4v) is 2.99. The zero-order valence-corrected chi connectivity index (χ0v) is 13.9. The van der Waals surface area contributed by atoms with Crippen LogP contribution in [0, 0.1) is 13.8 Å². The number of methoxy groups -OCH3 is 1. The Morgan fingerprint density at radius 3 is 2.25 bits per heavy atom. The first kappa shape index (κ1) is 15.1. The minimum atomic E-state index is 0.112. The van der Waals surface area contributed by atoms with E-state index in [4.69, 9.17) is 4.74 Å². The molecule has 1 N–H and O–H groups in total. The van der Waals surface area contributed by atoms with Gasteiger partial charge in [-0.1, -0.05) is 45.3 Å². The molecule has 2 aromatic carbocycles. The number of halogens is 1. The van der Waals surface area contributed by atoms with Crippen molar-refractivity contribution in [3.05, 3.63) is 63.1 Å². The quantitative estimate of drug-likeness (QED) is 0.896. The van der Waals surface area contributed by atoms with Gasteiger partial charge >= 0.3 is 0 Å². The largest absolute Gasteiger partial charge is 0.496 e. The molecule has 106 valence electrons. The molecule has 2 aromatic rings. The Balaban J connectivity index is 2.54. The lowest BCUT2D eigenvalue weighted by Crippen LogP contribution is -2.18. The Kier molecular flexibility index (Phi) is 4.84. The lowest BCUT2D eigenvalue weighted by molar-refractivity contribution is 0.405. The third-order valence-electron chi connectivity index (χ3n) is 3.37. The zero-order chi connectivity index (χ0) is 14.7. The number of hydrogen-bond acceptors (Lipinski definition) is 2. The molecule has 0 saturated heterocycles. The van der Waals surface area contributed by atoms with E-state index in [2.05, 4.69) is 59.4 Å². The molecule has 0 heterocycles. The van der Waals surface area contributed by atoms with Crippen molar-refractivity contribution in [2.24, 2.45) is 0 Å². The molecule has 0 fully saturated rings. The average molecular weight is 334 g/mol. The molecule has 2 rings (SSSR count). The van der Waals surface area contributed by atoms with Gasteiger partial charge in [0.05, 0.1) is 13.2 Å². The average Bonchev–Trinajstić information content (AvgIpc) is 2.39. The van der Waals surface area contributed by atoms with E-state index in [1.165, 1.54) is 16.7 Å². The van der Waals surface area contributed by atoms with Crippen molar-refractivity contribution >= 4 is 15.9 Å². The third kappa shape index (κ3) is 3.22. The SMILES string of the molecule is CNC(c1cc(C)cc(C)c1)c1cc(Br)ccc1OC. The number of ether oxygens (including phenoxy) is 1. The van der Waals surface area contributed by atoms with Crippen LogP contribution >= 0.6 is 15.9 Å². The Morgan fingerprint density at radius 1 is 1.05 bits per heavy atom. The maximum absolute atomic E-state index is 5.50.